The molecule has 2 rings (SSSR count). The van der Waals surface area contributed by atoms with Gasteiger partial charge in [0.1, 0.15) is 0 Å². The zero-order valence-corrected chi connectivity index (χ0v) is 11.7. The van der Waals surface area contributed by atoms with Gasteiger partial charge in [-0.2, -0.15) is 11.8 Å². The molecule has 0 spiro atoms. The Morgan fingerprint density at radius 2 is 1.88 bits per heavy atom. The van der Waals surface area contributed by atoms with Gasteiger partial charge in [-0.15, -0.1) is 0 Å². The normalized spacial score (nSPS) is 35.8. The van der Waals surface area contributed by atoms with E-state index in [2.05, 4.69) is 30.9 Å². The first-order valence-electron chi connectivity index (χ1n) is 7.07. The molecule has 1 saturated heterocycles. The second kappa shape index (κ2) is 6.30. The lowest BCUT2D eigenvalue weighted by Crippen LogP contribution is -2.35. The molecular weight excluding hydrogens is 214 g/mol. The number of nitrogens with one attached hydrogen (secondary N) is 1. The van der Waals surface area contributed by atoms with Crippen LogP contribution in [0.1, 0.15) is 46.0 Å². The van der Waals surface area contributed by atoms with Crippen molar-refractivity contribution in [3.63, 3.8) is 0 Å². The van der Waals surface area contributed by atoms with E-state index in [-0.39, 0.29) is 0 Å². The summed E-state index contributed by atoms with van der Waals surface area (Å²) in [6.45, 7) is 6.06. The van der Waals surface area contributed by atoms with Gasteiger partial charge >= 0.3 is 0 Å². The SMILES string of the molecule is CC(C)C1CCC(CNC2CCSC2)CC1. The van der Waals surface area contributed by atoms with Crippen LogP contribution in [-0.4, -0.2) is 24.1 Å². The Hall–Kier alpha value is 0.310. The Bertz CT molecular complexity index is 191. The van der Waals surface area contributed by atoms with Gasteiger partial charge < -0.3 is 5.32 Å². The van der Waals surface area contributed by atoms with Gasteiger partial charge in [0.2, 0.25) is 0 Å². The Kier molecular flexibility index (Phi) is 5.02. The summed E-state index contributed by atoms with van der Waals surface area (Å²) in [5, 5.41) is 3.77. The molecule has 0 amide bonds. The van der Waals surface area contributed by atoms with E-state index in [0.717, 1.165) is 23.8 Å². The molecule has 1 saturated carbocycles. The molecule has 1 unspecified atom stereocenters. The predicted molar refractivity (Wildman–Crippen MR) is 74.0 cm³/mol. The smallest absolute Gasteiger partial charge is 0.0166 e. The molecule has 1 N–H and O–H groups in total. The lowest BCUT2D eigenvalue weighted by atomic mass is 9.77. The highest BCUT2D eigenvalue weighted by molar-refractivity contribution is 7.99. The summed E-state index contributed by atoms with van der Waals surface area (Å²) >= 11 is 2.11. The van der Waals surface area contributed by atoms with E-state index in [4.69, 9.17) is 0 Å². The summed E-state index contributed by atoms with van der Waals surface area (Å²) in [4.78, 5) is 0. The van der Waals surface area contributed by atoms with Gasteiger partial charge in [-0.25, -0.2) is 0 Å². The minimum atomic E-state index is 0.827. The zero-order chi connectivity index (χ0) is 11.4. The first-order chi connectivity index (χ1) is 7.75. The van der Waals surface area contributed by atoms with Crippen molar-refractivity contribution >= 4 is 11.8 Å². The largest absolute Gasteiger partial charge is 0.313 e. The van der Waals surface area contributed by atoms with Crippen LogP contribution in [0.25, 0.3) is 0 Å². The Morgan fingerprint density at radius 1 is 1.12 bits per heavy atom. The highest BCUT2D eigenvalue weighted by Gasteiger charge is 2.24. The van der Waals surface area contributed by atoms with Crippen LogP contribution in [0.15, 0.2) is 0 Å². The third-order valence-corrected chi connectivity index (χ3v) is 5.62. The molecule has 2 aliphatic rings. The van der Waals surface area contributed by atoms with Crippen molar-refractivity contribution in [3.05, 3.63) is 0 Å². The number of thioether (sulfide) groups is 1. The summed E-state index contributed by atoms with van der Waals surface area (Å²) in [7, 11) is 0. The van der Waals surface area contributed by atoms with E-state index < -0.39 is 0 Å². The van der Waals surface area contributed by atoms with E-state index in [9.17, 15) is 0 Å². The molecule has 94 valence electrons. The van der Waals surface area contributed by atoms with Crippen molar-refractivity contribution in [2.45, 2.75) is 52.0 Å². The monoisotopic (exact) mass is 241 g/mol. The van der Waals surface area contributed by atoms with Crippen molar-refractivity contribution < 1.29 is 0 Å². The summed E-state index contributed by atoms with van der Waals surface area (Å²) in [6, 6.07) is 0.827. The molecule has 0 aromatic heterocycles. The molecule has 2 heteroatoms. The van der Waals surface area contributed by atoms with Crippen molar-refractivity contribution in [3.8, 4) is 0 Å². The number of hydrogen-bond acceptors (Lipinski definition) is 2. The van der Waals surface area contributed by atoms with Crippen molar-refractivity contribution in [2.24, 2.45) is 17.8 Å². The fraction of sp³-hybridized carbons (Fsp3) is 1.00. The van der Waals surface area contributed by atoms with Gasteiger partial charge in [0, 0.05) is 11.8 Å². The Balaban J connectivity index is 1.61. The Labute approximate surface area is 105 Å². The Morgan fingerprint density at radius 3 is 2.44 bits per heavy atom. The molecule has 1 aliphatic heterocycles. The van der Waals surface area contributed by atoms with Crippen molar-refractivity contribution in [1.82, 2.24) is 5.32 Å². The molecule has 1 nitrogen and oxygen atoms in total. The molecule has 0 bridgehead atoms. The molecule has 0 aromatic rings. The van der Waals surface area contributed by atoms with Crippen LogP contribution in [-0.2, 0) is 0 Å². The van der Waals surface area contributed by atoms with Crippen LogP contribution >= 0.6 is 11.8 Å². The lowest BCUT2D eigenvalue weighted by Gasteiger charge is -2.31. The fourth-order valence-corrected chi connectivity index (χ4v) is 4.27. The van der Waals surface area contributed by atoms with Gasteiger partial charge in [-0.3, -0.25) is 0 Å². The van der Waals surface area contributed by atoms with E-state index in [0.29, 0.717) is 0 Å². The fourth-order valence-electron chi connectivity index (χ4n) is 3.09. The highest BCUT2D eigenvalue weighted by atomic mass is 32.2. The molecule has 2 fully saturated rings. The average Bonchev–Trinajstić information content (AvgIpc) is 2.80. The number of rotatable bonds is 4. The van der Waals surface area contributed by atoms with Crippen LogP contribution in [0.4, 0.5) is 0 Å². The standard InChI is InChI=1S/C14H27NS/c1-11(2)13-5-3-12(4-6-13)9-15-14-7-8-16-10-14/h11-15H,3-10H2,1-2H3. The van der Waals surface area contributed by atoms with E-state index >= 15 is 0 Å². The maximum atomic E-state index is 3.77. The highest BCUT2D eigenvalue weighted by Crippen LogP contribution is 2.33. The van der Waals surface area contributed by atoms with Crippen LogP contribution in [0.2, 0.25) is 0 Å². The minimum absolute atomic E-state index is 0.827. The van der Waals surface area contributed by atoms with Crippen LogP contribution in [0, 0.1) is 17.8 Å². The summed E-state index contributed by atoms with van der Waals surface area (Å²) in [5.41, 5.74) is 0. The number of hydrogen-bond donors (Lipinski definition) is 1. The molecule has 16 heavy (non-hydrogen) atoms. The zero-order valence-electron chi connectivity index (χ0n) is 10.9. The second-order valence-corrected chi connectivity index (χ2v) is 7.14. The summed E-state index contributed by atoms with van der Waals surface area (Å²) < 4.78 is 0. The van der Waals surface area contributed by atoms with Crippen LogP contribution < -0.4 is 5.32 Å². The molecular formula is C14H27NS. The van der Waals surface area contributed by atoms with Crippen molar-refractivity contribution in [2.75, 3.05) is 18.1 Å². The van der Waals surface area contributed by atoms with E-state index in [1.807, 2.05) is 0 Å². The third kappa shape index (κ3) is 3.66. The van der Waals surface area contributed by atoms with E-state index in [1.165, 1.54) is 50.2 Å². The third-order valence-electron chi connectivity index (χ3n) is 4.46. The maximum Gasteiger partial charge on any atom is 0.0166 e. The molecule has 0 aromatic carbocycles. The maximum absolute atomic E-state index is 3.77. The summed E-state index contributed by atoms with van der Waals surface area (Å²) in [6.07, 6.45) is 7.28. The van der Waals surface area contributed by atoms with E-state index in [1.54, 1.807) is 0 Å². The van der Waals surface area contributed by atoms with Crippen LogP contribution in [0.5, 0.6) is 0 Å². The van der Waals surface area contributed by atoms with Gasteiger partial charge in [0.05, 0.1) is 0 Å². The molecule has 1 atom stereocenters. The van der Waals surface area contributed by atoms with Gasteiger partial charge in [-0.05, 0) is 62.2 Å². The molecule has 1 aliphatic carbocycles. The quantitative estimate of drug-likeness (QED) is 0.808. The van der Waals surface area contributed by atoms with Gasteiger partial charge in [0.25, 0.3) is 0 Å². The topological polar surface area (TPSA) is 12.0 Å². The summed E-state index contributed by atoms with van der Waals surface area (Å²) in [5.74, 6) is 5.61. The lowest BCUT2D eigenvalue weighted by molar-refractivity contribution is 0.218. The molecule has 1 heterocycles. The predicted octanol–water partition coefficient (Wildman–Crippen LogP) is 3.54. The second-order valence-electron chi connectivity index (χ2n) is 5.99. The van der Waals surface area contributed by atoms with Gasteiger partial charge in [-0.1, -0.05) is 13.8 Å². The average molecular weight is 241 g/mol. The first-order valence-corrected chi connectivity index (χ1v) is 8.22. The minimum Gasteiger partial charge on any atom is -0.313 e. The first kappa shape index (κ1) is 12.8. The van der Waals surface area contributed by atoms with Crippen molar-refractivity contribution in [1.29, 1.82) is 0 Å². The molecule has 0 radical (unpaired) electrons. The van der Waals surface area contributed by atoms with Gasteiger partial charge in [0.15, 0.2) is 0 Å². The van der Waals surface area contributed by atoms with Crippen LogP contribution in [0.3, 0.4) is 0 Å².